The average Bonchev–Trinajstić information content (AvgIpc) is 2.74. The van der Waals surface area contributed by atoms with Crippen LogP contribution in [0.1, 0.15) is 6.92 Å². The van der Waals surface area contributed by atoms with E-state index in [1.807, 2.05) is 6.07 Å². The van der Waals surface area contributed by atoms with Gasteiger partial charge in [0, 0.05) is 31.3 Å². The van der Waals surface area contributed by atoms with Crippen LogP contribution in [-0.4, -0.2) is 37.1 Å². The van der Waals surface area contributed by atoms with E-state index in [1.165, 1.54) is 6.20 Å². The lowest BCUT2D eigenvalue weighted by Crippen LogP contribution is -2.24. The molecule has 1 aliphatic carbocycles. The molecule has 0 bridgehead atoms. The number of hydrogen-bond acceptors (Lipinski definition) is 5. The van der Waals surface area contributed by atoms with Crippen molar-refractivity contribution < 1.29 is 13.6 Å². The van der Waals surface area contributed by atoms with Crippen molar-refractivity contribution in [3.63, 3.8) is 0 Å². The van der Waals surface area contributed by atoms with E-state index in [2.05, 4.69) is 27.0 Å². The molecular formula is C18H18BrF2N3OS. The Hall–Kier alpha value is -2.07. The first-order chi connectivity index (χ1) is 12.3. The van der Waals surface area contributed by atoms with Crippen LogP contribution in [-0.2, 0) is 4.79 Å². The van der Waals surface area contributed by atoms with Gasteiger partial charge in [-0.25, -0.2) is 0 Å². The van der Waals surface area contributed by atoms with Crippen LogP contribution in [0.15, 0.2) is 62.5 Å². The maximum absolute atomic E-state index is 12.5. The lowest BCUT2D eigenvalue weighted by molar-refractivity contribution is -0.112. The fourth-order valence-corrected chi connectivity index (χ4v) is 3.09. The maximum Gasteiger partial charge on any atom is 0.289 e. The normalized spacial score (nSPS) is 14.9. The monoisotopic (exact) mass is 441 g/mol. The second kappa shape index (κ2) is 10.8. The molecule has 0 radical (unpaired) electrons. The van der Waals surface area contributed by atoms with E-state index in [4.69, 9.17) is 5.26 Å². The zero-order valence-electron chi connectivity index (χ0n) is 14.5. The van der Waals surface area contributed by atoms with Crippen LogP contribution >= 0.6 is 27.7 Å². The number of alkyl halides is 2. The minimum absolute atomic E-state index is 0.0133. The average molecular weight is 442 g/mol. The number of halogens is 3. The number of carbonyl (C=O) groups excluding carboxylic acids is 1. The van der Waals surface area contributed by atoms with Gasteiger partial charge in [-0.15, -0.1) is 5.73 Å². The second-order valence-electron chi connectivity index (χ2n) is 5.26. The highest BCUT2D eigenvalue weighted by Gasteiger charge is 2.16. The van der Waals surface area contributed by atoms with Crippen molar-refractivity contribution in [3.05, 3.63) is 62.5 Å². The first-order valence-electron chi connectivity index (χ1n) is 7.50. The number of rotatable bonds is 8. The molecule has 26 heavy (non-hydrogen) atoms. The number of Topliss-reactive ketones (excluding diaryl/α,β-unsaturated/α-hetero) is 1. The van der Waals surface area contributed by atoms with Crippen LogP contribution in [0.3, 0.4) is 0 Å². The third kappa shape index (κ3) is 7.04. The lowest BCUT2D eigenvalue weighted by atomic mass is 10.1. The molecule has 0 amide bonds. The third-order valence-electron chi connectivity index (χ3n) is 3.02. The van der Waals surface area contributed by atoms with Gasteiger partial charge in [0.15, 0.2) is 0 Å². The Bertz CT molecular complexity index is 783. The number of nitrogens with one attached hydrogen (secondary N) is 1. The lowest BCUT2D eigenvalue weighted by Gasteiger charge is -2.11. The predicted molar refractivity (Wildman–Crippen MR) is 104 cm³/mol. The SMILES string of the molecule is C/C=C(\NCC1=CC=C=C(SC(F)F)C(Br)=C1)C(=O)/C(C#N)=C/N(C)C. The summed E-state index contributed by atoms with van der Waals surface area (Å²) in [5.41, 5.74) is 3.84. The number of nitriles is 1. The molecule has 1 rings (SSSR count). The van der Waals surface area contributed by atoms with Gasteiger partial charge in [-0.1, -0.05) is 6.08 Å². The number of hydrogen-bond donors (Lipinski definition) is 1. The highest BCUT2D eigenvalue weighted by Crippen LogP contribution is 2.33. The van der Waals surface area contributed by atoms with E-state index < -0.39 is 11.5 Å². The summed E-state index contributed by atoms with van der Waals surface area (Å²) in [6.45, 7) is 1.98. The minimum Gasteiger partial charge on any atom is -0.382 e. The van der Waals surface area contributed by atoms with E-state index in [0.717, 1.165) is 5.57 Å². The molecule has 0 aromatic rings. The Morgan fingerprint density at radius 3 is 2.77 bits per heavy atom. The molecule has 1 N–H and O–H groups in total. The fourth-order valence-electron chi connectivity index (χ4n) is 1.91. The van der Waals surface area contributed by atoms with Gasteiger partial charge in [-0.05, 0) is 58.4 Å². The molecule has 0 fully saturated rings. The highest BCUT2D eigenvalue weighted by atomic mass is 79.9. The van der Waals surface area contributed by atoms with Crippen molar-refractivity contribution in [1.29, 1.82) is 5.26 Å². The van der Waals surface area contributed by atoms with Gasteiger partial charge in [-0.3, -0.25) is 4.79 Å². The molecule has 0 unspecified atom stereocenters. The zero-order valence-corrected chi connectivity index (χ0v) is 16.9. The number of nitrogens with zero attached hydrogens (tertiary/aromatic N) is 2. The third-order valence-corrected chi connectivity index (χ3v) is 4.66. The van der Waals surface area contributed by atoms with Crippen LogP contribution in [0, 0.1) is 11.3 Å². The standard InChI is InChI=1S/C18H18BrF2N3OS/c1-4-15(17(25)13(9-22)11-24(2)3)23-10-12-6-5-7-16(14(19)8-12)26-18(20)21/h4-6,8,11,18,23H,10H2,1-3H3/b13-11+,15-4-. The smallest absolute Gasteiger partial charge is 0.289 e. The van der Waals surface area contributed by atoms with Crippen molar-refractivity contribution in [3.8, 4) is 6.07 Å². The molecule has 8 heteroatoms. The van der Waals surface area contributed by atoms with E-state index in [1.54, 1.807) is 50.2 Å². The Kier molecular flexibility index (Phi) is 9.14. The summed E-state index contributed by atoms with van der Waals surface area (Å²) in [7, 11) is 3.45. The molecule has 0 atom stereocenters. The number of thioether (sulfide) groups is 1. The predicted octanol–water partition coefficient (Wildman–Crippen LogP) is 4.23. The topological polar surface area (TPSA) is 56.1 Å². The molecule has 0 aromatic heterocycles. The van der Waals surface area contributed by atoms with E-state index in [0.29, 0.717) is 21.1 Å². The summed E-state index contributed by atoms with van der Waals surface area (Å²) in [5, 5.41) is 12.1. The van der Waals surface area contributed by atoms with Gasteiger partial charge < -0.3 is 10.2 Å². The summed E-state index contributed by atoms with van der Waals surface area (Å²) in [5.74, 6) is -2.95. The van der Waals surface area contributed by atoms with E-state index >= 15 is 0 Å². The summed E-state index contributed by atoms with van der Waals surface area (Å²) in [6.07, 6.45) is 8.00. The Morgan fingerprint density at radius 2 is 2.23 bits per heavy atom. The van der Waals surface area contributed by atoms with E-state index in [-0.39, 0.29) is 17.8 Å². The van der Waals surface area contributed by atoms with Gasteiger partial charge in [-0.2, -0.15) is 14.0 Å². The van der Waals surface area contributed by atoms with Crippen molar-refractivity contribution in [2.45, 2.75) is 12.7 Å². The minimum atomic E-state index is -2.54. The maximum atomic E-state index is 12.5. The molecule has 138 valence electrons. The highest BCUT2D eigenvalue weighted by molar-refractivity contribution is 9.12. The molecule has 0 heterocycles. The first-order valence-corrected chi connectivity index (χ1v) is 9.17. The van der Waals surface area contributed by atoms with Crippen LogP contribution in [0.2, 0.25) is 0 Å². The van der Waals surface area contributed by atoms with Crippen LogP contribution in [0.25, 0.3) is 0 Å². The second-order valence-corrected chi connectivity index (χ2v) is 7.11. The van der Waals surface area contributed by atoms with Crippen molar-refractivity contribution >= 4 is 33.5 Å². The molecule has 0 aliphatic heterocycles. The Balaban J connectivity index is 2.84. The Labute approximate surface area is 164 Å². The van der Waals surface area contributed by atoms with Crippen LogP contribution in [0.5, 0.6) is 0 Å². The molecule has 0 saturated heterocycles. The van der Waals surface area contributed by atoms with Gasteiger partial charge in [0.2, 0.25) is 5.78 Å². The summed E-state index contributed by atoms with van der Waals surface area (Å²) in [6, 6.07) is 1.89. The van der Waals surface area contributed by atoms with Gasteiger partial charge in [0.1, 0.15) is 11.6 Å². The number of ketones is 1. The molecule has 0 aromatic carbocycles. The quantitative estimate of drug-likeness (QED) is 0.347. The molecule has 0 saturated carbocycles. The fraction of sp³-hybridized carbons (Fsp3) is 0.278. The van der Waals surface area contributed by atoms with Crippen molar-refractivity contribution in [1.82, 2.24) is 10.2 Å². The molecule has 4 nitrogen and oxygen atoms in total. The van der Waals surface area contributed by atoms with Gasteiger partial charge >= 0.3 is 0 Å². The van der Waals surface area contributed by atoms with Gasteiger partial charge in [0.25, 0.3) is 5.76 Å². The van der Waals surface area contributed by atoms with Crippen molar-refractivity contribution in [2.75, 3.05) is 20.6 Å². The molecular weight excluding hydrogens is 424 g/mol. The van der Waals surface area contributed by atoms with Crippen LogP contribution in [0.4, 0.5) is 8.78 Å². The van der Waals surface area contributed by atoms with Crippen molar-refractivity contribution in [2.24, 2.45) is 0 Å². The number of carbonyl (C=O) groups is 1. The summed E-state index contributed by atoms with van der Waals surface area (Å²) < 4.78 is 25.6. The molecule has 1 aliphatic rings. The molecule has 0 spiro atoms. The van der Waals surface area contributed by atoms with E-state index in [9.17, 15) is 13.6 Å². The first kappa shape index (κ1) is 22.0. The summed E-state index contributed by atoms with van der Waals surface area (Å²) in [4.78, 5) is 14.3. The van der Waals surface area contributed by atoms with Crippen LogP contribution < -0.4 is 5.32 Å². The zero-order chi connectivity index (χ0) is 19.7. The van der Waals surface area contributed by atoms with Gasteiger partial charge in [0.05, 0.1) is 10.6 Å². The summed E-state index contributed by atoms with van der Waals surface area (Å²) >= 11 is 3.67. The largest absolute Gasteiger partial charge is 0.382 e. The Morgan fingerprint density at radius 1 is 1.54 bits per heavy atom. The number of allylic oxidation sites excluding steroid dienone is 4.